The number of benzene rings is 1. The molecule has 0 amide bonds. The molecule has 1 aromatic heterocycles. The first-order chi connectivity index (χ1) is 5.29. The van der Waals surface area contributed by atoms with Crippen LogP contribution in [0.1, 0.15) is 0 Å². The van der Waals surface area contributed by atoms with Crippen LogP contribution in [0.5, 0.6) is 0 Å². The summed E-state index contributed by atoms with van der Waals surface area (Å²) >= 11 is 8.51. The summed E-state index contributed by atoms with van der Waals surface area (Å²) in [7, 11) is 0. The van der Waals surface area contributed by atoms with Crippen LogP contribution in [0.15, 0.2) is 38.7 Å². The highest BCUT2D eigenvalue weighted by molar-refractivity contribution is 7.81. The molecule has 3 heteroatoms. The summed E-state index contributed by atoms with van der Waals surface area (Å²) in [4.78, 5) is 1.77. The lowest BCUT2D eigenvalue weighted by molar-refractivity contribution is 0.608. The Morgan fingerprint density at radius 2 is 1.73 bits per heavy atom. The maximum absolute atomic E-state index is 5.20. The Bertz CT molecular complexity index is 356. The summed E-state index contributed by atoms with van der Waals surface area (Å²) in [5, 5.41) is 1.01. The van der Waals surface area contributed by atoms with E-state index < -0.39 is 0 Å². The summed E-state index contributed by atoms with van der Waals surface area (Å²) < 4.78 is 5.20. The van der Waals surface area contributed by atoms with Crippen LogP contribution in [0.3, 0.4) is 0 Å². The van der Waals surface area contributed by atoms with Crippen molar-refractivity contribution in [3.63, 3.8) is 0 Å². The average Bonchev–Trinajstić information content (AvgIpc) is 2.45. The summed E-state index contributed by atoms with van der Waals surface area (Å²) in [6.07, 6.45) is 1.64. The second kappa shape index (κ2) is 2.50. The van der Waals surface area contributed by atoms with Crippen LogP contribution < -0.4 is 0 Å². The van der Waals surface area contributed by atoms with Gasteiger partial charge in [-0.05, 0) is 18.2 Å². The standard InChI is InChI=1S/C8H6OS2/c10-6-1-2-7(11)8-5(6)3-4-9-8/h1-4,10-11H. The van der Waals surface area contributed by atoms with Crippen molar-refractivity contribution in [2.45, 2.75) is 9.79 Å². The summed E-state index contributed by atoms with van der Waals surface area (Å²) in [5.74, 6) is 0. The lowest BCUT2D eigenvalue weighted by Gasteiger charge is -1.95. The number of fused-ring (bicyclic) bond motifs is 1. The van der Waals surface area contributed by atoms with E-state index in [4.69, 9.17) is 4.42 Å². The molecular formula is C8H6OS2. The first-order valence-corrected chi connectivity index (χ1v) is 4.06. The second-order valence-corrected chi connectivity index (χ2v) is 3.23. The monoisotopic (exact) mass is 182 g/mol. The molecule has 0 atom stereocenters. The van der Waals surface area contributed by atoms with Crippen molar-refractivity contribution in [1.29, 1.82) is 0 Å². The van der Waals surface area contributed by atoms with Gasteiger partial charge in [0.05, 0.1) is 6.26 Å². The van der Waals surface area contributed by atoms with Crippen LogP contribution in [0.2, 0.25) is 0 Å². The number of rotatable bonds is 0. The molecule has 0 N–H and O–H groups in total. The SMILES string of the molecule is Sc1ccc(S)c2occc12. The summed E-state index contributed by atoms with van der Waals surface area (Å²) in [6, 6.07) is 5.66. The fraction of sp³-hybridized carbons (Fsp3) is 0. The van der Waals surface area contributed by atoms with E-state index in [9.17, 15) is 0 Å². The van der Waals surface area contributed by atoms with Gasteiger partial charge in [0.2, 0.25) is 0 Å². The van der Waals surface area contributed by atoms with Gasteiger partial charge in [0.1, 0.15) is 5.58 Å². The maximum Gasteiger partial charge on any atom is 0.148 e. The zero-order valence-electron chi connectivity index (χ0n) is 5.61. The highest BCUT2D eigenvalue weighted by Gasteiger charge is 2.02. The Labute approximate surface area is 75.2 Å². The van der Waals surface area contributed by atoms with E-state index in [-0.39, 0.29) is 0 Å². The molecule has 0 radical (unpaired) electrons. The molecule has 0 saturated carbocycles. The van der Waals surface area contributed by atoms with E-state index in [1.165, 1.54) is 0 Å². The molecule has 0 unspecified atom stereocenters. The van der Waals surface area contributed by atoms with Crippen LogP contribution in [0.4, 0.5) is 0 Å². The Hall–Kier alpha value is -0.540. The molecular weight excluding hydrogens is 176 g/mol. The van der Waals surface area contributed by atoms with Crippen LogP contribution >= 0.6 is 25.3 Å². The quantitative estimate of drug-likeness (QED) is 0.597. The predicted molar refractivity (Wildman–Crippen MR) is 50.7 cm³/mol. The van der Waals surface area contributed by atoms with E-state index in [1.807, 2.05) is 18.2 Å². The minimum atomic E-state index is 0.806. The molecule has 0 spiro atoms. The number of furan rings is 1. The number of thiol groups is 2. The molecule has 0 aliphatic rings. The van der Waals surface area contributed by atoms with E-state index in [0.29, 0.717) is 0 Å². The zero-order valence-corrected chi connectivity index (χ0v) is 7.40. The highest BCUT2D eigenvalue weighted by Crippen LogP contribution is 2.27. The van der Waals surface area contributed by atoms with Crippen LogP contribution in [0.25, 0.3) is 11.0 Å². The van der Waals surface area contributed by atoms with Crippen LogP contribution in [-0.2, 0) is 0 Å². The van der Waals surface area contributed by atoms with Gasteiger partial charge in [-0.3, -0.25) is 0 Å². The molecule has 2 aromatic rings. The largest absolute Gasteiger partial charge is 0.463 e. The first kappa shape index (κ1) is 7.13. The topological polar surface area (TPSA) is 13.1 Å². The van der Waals surface area contributed by atoms with Gasteiger partial charge in [-0.2, -0.15) is 0 Å². The van der Waals surface area contributed by atoms with Gasteiger partial charge < -0.3 is 4.42 Å². The van der Waals surface area contributed by atoms with E-state index in [0.717, 1.165) is 20.8 Å². The van der Waals surface area contributed by atoms with Gasteiger partial charge in [-0.15, -0.1) is 25.3 Å². The average molecular weight is 182 g/mol. The molecule has 2 rings (SSSR count). The molecule has 0 aliphatic heterocycles. The minimum absolute atomic E-state index is 0.806. The van der Waals surface area contributed by atoms with Gasteiger partial charge in [0.25, 0.3) is 0 Å². The van der Waals surface area contributed by atoms with Crippen molar-refractivity contribution in [2.75, 3.05) is 0 Å². The zero-order chi connectivity index (χ0) is 7.84. The fourth-order valence-corrected chi connectivity index (χ4v) is 1.53. The van der Waals surface area contributed by atoms with Crippen LogP contribution in [0, 0.1) is 0 Å². The minimum Gasteiger partial charge on any atom is -0.463 e. The summed E-state index contributed by atoms with van der Waals surface area (Å²) in [5.41, 5.74) is 0.806. The lowest BCUT2D eigenvalue weighted by Crippen LogP contribution is -1.70. The van der Waals surface area contributed by atoms with Gasteiger partial charge >= 0.3 is 0 Å². The lowest BCUT2D eigenvalue weighted by atomic mass is 10.2. The Morgan fingerprint density at radius 3 is 2.45 bits per heavy atom. The molecule has 0 aliphatic carbocycles. The van der Waals surface area contributed by atoms with Crippen molar-refractivity contribution in [1.82, 2.24) is 0 Å². The first-order valence-electron chi connectivity index (χ1n) is 3.17. The van der Waals surface area contributed by atoms with Crippen molar-refractivity contribution >= 4 is 36.2 Å². The van der Waals surface area contributed by atoms with Gasteiger partial charge in [-0.1, -0.05) is 0 Å². The molecule has 1 heterocycles. The third-order valence-electron chi connectivity index (χ3n) is 1.57. The smallest absolute Gasteiger partial charge is 0.148 e. The Morgan fingerprint density at radius 1 is 1.00 bits per heavy atom. The van der Waals surface area contributed by atoms with E-state index in [2.05, 4.69) is 25.3 Å². The molecule has 0 saturated heterocycles. The van der Waals surface area contributed by atoms with Crippen molar-refractivity contribution in [2.24, 2.45) is 0 Å². The normalized spacial score (nSPS) is 10.7. The third-order valence-corrected chi connectivity index (χ3v) is 2.32. The van der Waals surface area contributed by atoms with Gasteiger partial charge in [0.15, 0.2) is 0 Å². The van der Waals surface area contributed by atoms with Crippen molar-refractivity contribution in [3.8, 4) is 0 Å². The van der Waals surface area contributed by atoms with Crippen molar-refractivity contribution < 1.29 is 4.42 Å². The Balaban J connectivity index is 2.96. The number of hydrogen-bond donors (Lipinski definition) is 2. The second-order valence-electron chi connectivity index (χ2n) is 2.27. The predicted octanol–water partition coefficient (Wildman–Crippen LogP) is 3.01. The van der Waals surface area contributed by atoms with Crippen molar-refractivity contribution in [3.05, 3.63) is 24.5 Å². The van der Waals surface area contributed by atoms with Gasteiger partial charge in [0, 0.05) is 15.2 Å². The van der Waals surface area contributed by atoms with Crippen LogP contribution in [-0.4, -0.2) is 0 Å². The molecule has 56 valence electrons. The molecule has 1 nitrogen and oxygen atoms in total. The molecule has 11 heavy (non-hydrogen) atoms. The maximum atomic E-state index is 5.20. The number of hydrogen-bond acceptors (Lipinski definition) is 3. The Kier molecular flexibility index (Phi) is 1.62. The highest BCUT2D eigenvalue weighted by atomic mass is 32.1. The third kappa shape index (κ3) is 1.04. The molecule has 0 fully saturated rings. The fourth-order valence-electron chi connectivity index (χ4n) is 1.03. The van der Waals surface area contributed by atoms with E-state index >= 15 is 0 Å². The molecule has 1 aromatic carbocycles. The summed E-state index contributed by atoms with van der Waals surface area (Å²) in [6.45, 7) is 0. The molecule has 0 bridgehead atoms. The van der Waals surface area contributed by atoms with Gasteiger partial charge in [-0.25, -0.2) is 0 Å². The van der Waals surface area contributed by atoms with E-state index in [1.54, 1.807) is 6.26 Å².